The van der Waals surface area contributed by atoms with E-state index in [0.29, 0.717) is 12.1 Å². The van der Waals surface area contributed by atoms with Gasteiger partial charge in [0.1, 0.15) is 5.82 Å². The number of rotatable bonds is 5. The first-order valence-electron chi connectivity index (χ1n) is 7.21. The van der Waals surface area contributed by atoms with Gasteiger partial charge in [-0.2, -0.15) is 8.78 Å². The average molecular weight is 333 g/mol. The molecule has 0 amide bonds. The highest BCUT2D eigenvalue weighted by Gasteiger charge is 2.18. The Labute approximate surface area is 136 Å². The molecule has 0 N–H and O–H groups in total. The van der Waals surface area contributed by atoms with Crippen LogP contribution in [-0.2, 0) is 6.54 Å². The van der Waals surface area contributed by atoms with Gasteiger partial charge in [0.25, 0.3) is 5.89 Å². The number of nitrogens with zero attached hydrogens (tertiary/aromatic N) is 3. The first-order valence-corrected chi connectivity index (χ1v) is 7.21. The van der Waals surface area contributed by atoms with Crippen LogP contribution < -0.4 is 4.90 Å². The normalized spacial score (nSPS) is 11.0. The van der Waals surface area contributed by atoms with Crippen LogP contribution in [0.3, 0.4) is 0 Å². The number of halogens is 3. The molecule has 0 unspecified atom stereocenters. The summed E-state index contributed by atoms with van der Waals surface area (Å²) in [7, 11) is 1.86. The van der Waals surface area contributed by atoms with Crippen molar-refractivity contribution in [2.45, 2.75) is 13.0 Å². The Balaban J connectivity index is 1.79. The summed E-state index contributed by atoms with van der Waals surface area (Å²) in [5, 5.41) is 6.75. The third-order valence-electron chi connectivity index (χ3n) is 3.53. The van der Waals surface area contributed by atoms with Crippen LogP contribution >= 0.6 is 0 Å². The molecule has 0 saturated heterocycles. The molecule has 1 aromatic heterocycles. The van der Waals surface area contributed by atoms with Gasteiger partial charge in [0.2, 0.25) is 5.89 Å². The molecule has 24 heavy (non-hydrogen) atoms. The lowest BCUT2D eigenvalue weighted by molar-refractivity contribution is 0.116. The Morgan fingerprint density at radius 2 is 1.83 bits per heavy atom. The van der Waals surface area contributed by atoms with E-state index in [1.165, 1.54) is 6.07 Å². The van der Waals surface area contributed by atoms with Crippen molar-refractivity contribution >= 4 is 5.69 Å². The Morgan fingerprint density at radius 3 is 2.46 bits per heavy atom. The van der Waals surface area contributed by atoms with Gasteiger partial charge < -0.3 is 9.32 Å². The van der Waals surface area contributed by atoms with Gasteiger partial charge in [0, 0.05) is 30.4 Å². The van der Waals surface area contributed by atoms with Crippen LogP contribution in [0, 0.1) is 5.82 Å². The fraction of sp³-hybridized carbons (Fsp3) is 0.176. The summed E-state index contributed by atoms with van der Waals surface area (Å²) in [5.74, 6) is -1.38. The van der Waals surface area contributed by atoms with Gasteiger partial charge in [0.15, 0.2) is 0 Å². The van der Waals surface area contributed by atoms with E-state index in [1.807, 2.05) is 42.3 Å². The molecule has 1 heterocycles. The summed E-state index contributed by atoms with van der Waals surface area (Å²) in [5.41, 5.74) is 1.69. The van der Waals surface area contributed by atoms with E-state index in [-0.39, 0.29) is 11.5 Å². The van der Waals surface area contributed by atoms with Crippen LogP contribution in [-0.4, -0.2) is 17.2 Å². The number of benzene rings is 2. The first-order chi connectivity index (χ1) is 11.5. The Hall–Kier alpha value is -2.83. The molecule has 3 aromatic rings. The van der Waals surface area contributed by atoms with Crippen molar-refractivity contribution < 1.29 is 17.6 Å². The molecule has 0 atom stereocenters. The predicted molar refractivity (Wildman–Crippen MR) is 83.2 cm³/mol. The van der Waals surface area contributed by atoms with Gasteiger partial charge in [-0.15, -0.1) is 10.2 Å². The molecule has 0 saturated carbocycles. The summed E-state index contributed by atoms with van der Waals surface area (Å²) >= 11 is 0. The fourth-order valence-electron chi connectivity index (χ4n) is 2.28. The average Bonchev–Trinajstić information content (AvgIpc) is 3.08. The van der Waals surface area contributed by atoms with Crippen LogP contribution in [0.25, 0.3) is 11.5 Å². The maximum Gasteiger partial charge on any atom is 0.314 e. The third-order valence-corrected chi connectivity index (χ3v) is 3.53. The summed E-state index contributed by atoms with van der Waals surface area (Å²) in [4.78, 5) is 1.90. The molecule has 0 spiro atoms. The van der Waals surface area contributed by atoms with Crippen LogP contribution in [0.1, 0.15) is 17.9 Å². The van der Waals surface area contributed by atoms with Crippen molar-refractivity contribution in [3.63, 3.8) is 0 Å². The molecule has 0 aliphatic heterocycles. The molecule has 4 nitrogen and oxygen atoms in total. The van der Waals surface area contributed by atoms with Gasteiger partial charge in [-0.3, -0.25) is 0 Å². The minimum Gasteiger partial charge on any atom is -0.415 e. The van der Waals surface area contributed by atoms with Crippen molar-refractivity contribution in [1.82, 2.24) is 10.2 Å². The highest BCUT2D eigenvalue weighted by molar-refractivity contribution is 5.54. The number of hydrogen-bond donors (Lipinski definition) is 0. The van der Waals surface area contributed by atoms with Crippen molar-refractivity contribution in [2.24, 2.45) is 0 Å². The first kappa shape index (κ1) is 16.0. The molecular weight excluding hydrogens is 319 g/mol. The molecule has 0 aliphatic carbocycles. The predicted octanol–water partition coefficient (Wildman–Crippen LogP) is 4.45. The highest BCUT2D eigenvalue weighted by atomic mass is 19.3. The molecule has 7 heteroatoms. The Bertz CT molecular complexity index is 821. The summed E-state index contributed by atoms with van der Waals surface area (Å²) in [6, 6.07) is 13.9. The summed E-state index contributed by atoms with van der Waals surface area (Å²) in [6.07, 6.45) is -2.85. The van der Waals surface area contributed by atoms with E-state index >= 15 is 0 Å². The van der Waals surface area contributed by atoms with Crippen molar-refractivity contribution in [2.75, 3.05) is 11.9 Å². The number of alkyl halides is 2. The molecule has 124 valence electrons. The SMILES string of the molecule is CN(Cc1ccc(-c2nnc(C(F)F)o2)cc1F)c1ccccc1. The van der Waals surface area contributed by atoms with Gasteiger partial charge >= 0.3 is 6.43 Å². The molecule has 0 fully saturated rings. The zero-order valence-electron chi connectivity index (χ0n) is 12.8. The summed E-state index contributed by atoms with van der Waals surface area (Å²) < 4.78 is 44.1. The highest BCUT2D eigenvalue weighted by Crippen LogP contribution is 2.25. The number of aromatic nitrogens is 2. The van der Waals surface area contributed by atoms with Crippen molar-refractivity contribution in [3.8, 4) is 11.5 Å². The molecule has 0 bridgehead atoms. The second-order valence-electron chi connectivity index (χ2n) is 5.24. The van der Waals surface area contributed by atoms with E-state index in [4.69, 9.17) is 4.42 Å². The Kier molecular flexibility index (Phi) is 4.50. The second kappa shape index (κ2) is 6.74. The van der Waals surface area contributed by atoms with Gasteiger partial charge in [-0.25, -0.2) is 4.39 Å². The zero-order valence-corrected chi connectivity index (χ0v) is 12.8. The number of para-hydroxylation sites is 1. The van der Waals surface area contributed by atoms with Crippen molar-refractivity contribution in [3.05, 3.63) is 65.8 Å². The van der Waals surface area contributed by atoms with Crippen LogP contribution in [0.15, 0.2) is 52.9 Å². The number of hydrogen-bond acceptors (Lipinski definition) is 4. The smallest absolute Gasteiger partial charge is 0.314 e. The van der Waals surface area contributed by atoms with E-state index in [2.05, 4.69) is 10.2 Å². The zero-order chi connectivity index (χ0) is 17.1. The monoisotopic (exact) mass is 333 g/mol. The van der Waals surface area contributed by atoms with E-state index < -0.39 is 18.1 Å². The third kappa shape index (κ3) is 3.40. The summed E-state index contributed by atoms with van der Waals surface area (Å²) in [6.45, 7) is 0.363. The lowest BCUT2D eigenvalue weighted by Crippen LogP contribution is -2.17. The lowest BCUT2D eigenvalue weighted by Gasteiger charge is -2.19. The van der Waals surface area contributed by atoms with Gasteiger partial charge in [-0.05, 0) is 24.3 Å². The molecule has 0 aliphatic rings. The lowest BCUT2D eigenvalue weighted by atomic mass is 10.1. The van der Waals surface area contributed by atoms with Crippen molar-refractivity contribution in [1.29, 1.82) is 0 Å². The van der Waals surface area contributed by atoms with E-state index in [1.54, 1.807) is 12.1 Å². The van der Waals surface area contributed by atoms with Crippen LogP contribution in [0.4, 0.5) is 18.9 Å². The van der Waals surface area contributed by atoms with E-state index in [0.717, 1.165) is 5.69 Å². The maximum absolute atomic E-state index is 14.3. The van der Waals surface area contributed by atoms with Gasteiger partial charge in [-0.1, -0.05) is 24.3 Å². The van der Waals surface area contributed by atoms with Crippen LogP contribution in [0.5, 0.6) is 0 Å². The van der Waals surface area contributed by atoms with E-state index in [9.17, 15) is 13.2 Å². The topological polar surface area (TPSA) is 42.2 Å². The Morgan fingerprint density at radius 1 is 1.08 bits per heavy atom. The largest absolute Gasteiger partial charge is 0.415 e. The molecule has 0 radical (unpaired) electrons. The van der Waals surface area contributed by atoms with Gasteiger partial charge in [0.05, 0.1) is 0 Å². The molecule has 2 aromatic carbocycles. The molecule has 3 rings (SSSR count). The minimum atomic E-state index is -2.85. The molecular formula is C17H14F3N3O. The van der Waals surface area contributed by atoms with Crippen LogP contribution in [0.2, 0.25) is 0 Å². The maximum atomic E-state index is 14.3. The fourth-order valence-corrected chi connectivity index (χ4v) is 2.28. The standard InChI is InChI=1S/C17H14F3N3O/c1-23(13-5-3-2-4-6-13)10-12-8-7-11(9-14(12)18)16-21-22-17(24-16)15(19)20/h2-9,15H,10H2,1H3. The second-order valence-corrected chi connectivity index (χ2v) is 5.24. The number of anilines is 1. The minimum absolute atomic E-state index is 0.132. The quantitative estimate of drug-likeness (QED) is 0.692.